The van der Waals surface area contributed by atoms with Gasteiger partial charge in [-0.3, -0.25) is 0 Å². The number of aryl methyl sites for hydroxylation is 2. The fourth-order valence-electron chi connectivity index (χ4n) is 2.11. The van der Waals surface area contributed by atoms with Gasteiger partial charge in [0, 0.05) is 18.8 Å². The van der Waals surface area contributed by atoms with Gasteiger partial charge < -0.3 is 10.0 Å². The summed E-state index contributed by atoms with van der Waals surface area (Å²) in [5.74, 6) is 0. The Hall–Kier alpha value is -1.02. The number of β-amino-alcohol motifs (C(OH)–C–C–N with tert-alkyl or cyclic N) is 1. The van der Waals surface area contributed by atoms with Crippen LogP contribution in [0.3, 0.4) is 0 Å². The summed E-state index contributed by atoms with van der Waals surface area (Å²) in [6.45, 7) is 4.20. The van der Waals surface area contributed by atoms with Crippen molar-refractivity contribution in [2.45, 2.75) is 19.8 Å². The molecule has 0 bridgehead atoms. The van der Waals surface area contributed by atoms with Gasteiger partial charge in [-0.25, -0.2) is 0 Å². The molecule has 1 aliphatic rings. The molecule has 0 spiro atoms. The lowest BCUT2D eigenvalue weighted by molar-refractivity contribution is 0.301. The zero-order valence-corrected chi connectivity index (χ0v) is 8.66. The van der Waals surface area contributed by atoms with Crippen molar-refractivity contribution >= 4 is 5.69 Å². The number of nitrogens with zero attached hydrogens (tertiary/aromatic N) is 1. The Balaban J connectivity index is 2.32. The molecule has 76 valence electrons. The quantitative estimate of drug-likeness (QED) is 0.769. The summed E-state index contributed by atoms with van der Waals surface area (Å²) < 4.78 is 0. The maximum atomic E-state index is 8.97. The second kappa shape index (κ2) is 4.01. The number of fused-ring (bicyclic) bond motifs is 1. The van der Waals surface area contributed by atoms with Gasteiger partial charge in [-0.2, -0.15) is 0 Å². The number of hydrogen-bond donors (Lipinski definition) is 1. The van der Waals surface area contributed by atoms with Crippen LogP contribution in [0.15, 0.2) is 18.2 Å². The van der Waals surface area contributed by atoms with Gasteiger partial charge in [0.15, 0.2) is 0 Å². The highest BCUT2D eigenvalue weighted by Crippen LogP contribution is 2.27. The SMILES string of the molecule is Cc1ccc2c(c1)N(CCO)CCC2. The lowest BCUT2D eigenvalue weighted by Crippen LogP contribution is -2.31. The topological polar surface area (TPSA) is 23.5 Å². The Bertz CT molecular complexity index is 322. The molecule has 14 heavy (non-hydrogen) atoms. The molecular formula is C12H17NO. The van der Waals surface area contributed by atoms with E-state index in [-0.39, 0.29) is 6.61 Å². The summed E-state index contributed by atoms with van der Waals surface area (Å²) in [5, 5.41) is 8.97. The van der Waals surface area contributed by atoms with Crippen molar-refractivity contribution in [1.29, 1.82) is 0 Å². The first-order chi connectivity index (χ1) is 6.81. The fourth-order valence-corrected chi connectivity index (χ4v) is 2.11. The molecular weight excluding hydrogens is 174 g/mol. The normalized spacial score (nSPS) is 15.4. The Morgan fingerprint density at radius 1 is 1.43 bits per heavy atom. The average molecular weight is 191 g/mol. The third kappa shape index (κ3) is 1.75. The first-order valence-electron chi connectivity index (χ1n) is 5.26. The number of aliphatic hydroxyl groups is 1. The standard InChI is InChI=1S/C12H17NO/c1-10-4-5-11-3-2-6-13(7-8-14)12(11)9-10/h4-5,9,14H,2-3,6-8H2,1H3. The van der Waals surface area contributed by atoms with Crippen LogP contribution in [0.1, 0.15) is 17.5 Å². The Kier molecular flexibility index (Phi) is 2.73. The van der Waals surface area contributed by atoms with E-state index in [1.54, 1.807) is 0 Å². The van der Waals surface area contributed by atoms with Crippen LogP contribution in [0.4, 0.5) is 5.69 Å². The number of hydrogen-bond acceptors (Lipinski definition) is 2. The average Bonchev–Trinajstić information content (AvgIpc) is 2.19. The largest absolute Gasteiger partial charge is 0.395 e. The summed E-state index contributed by atoms with van der Waals surface area (Å²) in [6.07, 6.45) is 2.38. The predicted molar refractivity (Wildman–Crippen MR) is 58.8 cm³/mol. The molecule has 2 heteroatoms. The zero-order chi connectivity index (χ0) is 9.97. The molecule has 0 saturated carbocycles. The van der Waals surface area contributed by atoms with E-state index in [1.165, 1.54) is 29.7 Å². The van der Waals surface area contributed by atoms with Crippen LogP contribution >= 0.6 is 0 Å². The first kappa shape index (κ1) is 9.53. The molecule has 1 aliphatic heterocycles. The summed E-state index contributed by atoms with van der Waals surface area (Å²) >= 11 is 0. The molecule has 0 fully saturated rings. The van der Waals surface area contributed by atoms with Crippen LogP contribution < -0.4 is 4.90 Å². The van der Waals surface area contributed by atoms with Crippen molar-refractivity contribution < 1.29 is 5.11 Å². The summed E-state index contributed by atoms with van der Waals surface area (Å²) in [4.78, 5) is 2.28. The molecule has 1 N–H and O–H groups in total. The molecule has 1 aromatic carbocycles. The zero-order valence-electron chi connectivity index (χ0n) is 8.66. The van der Waals surface area contributed by atoms with Gasteiger partial charge in [-0.05, 0) is 37.0 Å². The van der Waals surface area contributed by atoms with Crippen LogP contribution in [0.2, 0.25) is 0 Å². The van der Waals surface area contributed by atoms with Gasteiger partial charge in [0.1, 0.15) is 0 Å². The van der Waals surface area contributed by atoms with E-state index < -0.39 is 0 Å². The van der Waals surface area contributed by atoms with Gasteiger partial charge >= 0.3 is 0 Å². The van der Waals surface area contributed by atoms with E-state index in [9.17, 15) is 0 Å². The monoisotopic (exact) mass is 191 g/mol. The maximum Gasteiger partial charge on any atom is 0.0606 e. The van der Waals surface area contributed by atoms with Crippen LogP contribution in [-0.2, 0) is 6.42 Å². The maximum absolute atomic E-state index is 8.97. The summed E-state index contributed by atoms with van der Waals surface area (Å²) in [6, 6.07) is 6.61. The first-order valence-corrected chi connectivity index (χ1v) is 5.26. The Morgan fingerprint density at radius 2 is 2.29 bits per heavy atom. The van der Waals surface area contributed by atoms with E-state index in [0.717, 1.165) is 13.1 Å². The van der Waals surface area contributed by atoms with Crippen LogP contribution in [-0.4, -0.2) is 24.8 Å². The van der Waals surface area contributed by atoms with Gasteiger partial charge in [-0.15, -0.1) is 0 Å². The highest BCUT2D eigenvalue weighted by Gasteiger charge is 2.15. The number of aliphatic hydroxyl groups excluding tert-OH is 1. The molecule has 0 amide bonds. The smallest absolute Gasteiger partial charge is 0.0606 e. The highest BCUT2D eigenvalue weighted by molar-refractivity contribution is 5.57. The van der Waals surface area contributed by atoms with E-state index in [2.05, 4.69) is 30.0 Å². The van der Waals surface area contributed by atoms with Crippen molar-refractivity contribution in [3.05, 3.63) is 29.3 Å². The lowest BCUT2D eigenvalue weighted by atomic mass is 10.00. The molecule has 0 atom stereocenters. The third-order valence-electron chi connectivity index (χ3n) is 2.83. The second-order valence-corrected chi connectivity index (χ2v) is 3.95. The summed E-state index contributed by atoms with van der Waals surface area (Å²) in [5.41, 5.74) is 4.05. The Labute approximate surface area is 85.2 Å². The third-order valence-corrected chi connectivity index (χ3v) is 2.83. The predicted octanol–water partition coefficient (Wildman–Crippen LogP) is 1.74. The molecule has 1 aromatic rings. The molecule has 0 aliphatic carbocycles. The van der Waals surface area contributed by atoms with Crippen LogP contribution in [0.25, 0.3) is 0 Å². The van der Waals surface area contributed by atoms with E-state index >= 15 is 0 Å². The lowest BCUT2D eigenvalue weighted by Gasteiger charge is -2.31. The van der Waals surface area contributed by atoms with Crippen molar-refractivity contribution in [2.24, 2.45) is 0 Å². The van der Waals surface area contributed by atoms with Gasteiger partial charge in [0.25, 0.3) is 0 Å². The molecule has 2 rings (SSSR count). The minimum absolute atomic E-state index is 0.243. The van der Waals surface area contributed by atoms with Crippen molar-refractivity contribution in [1.82, 2.24) is 0 Å². The summed E-state index contributed by atoms with van der Waals surface area (Å²) in [7, 11) is 0. The molecule has 0 aromatic heterocycles. The molecule has 0 unspecified atom stereocenters. The number of anilines is 1. The van der Waals surface area contributed by atoms with Crippen molar-refractivity contribution in [2.75, 3.05) is 24.6 Å². The molecule has 0 saturated heterocycles. The van der Waals surface area contributed by atoms with E-state index in [4.69, 9.17) is 5.11 Å². The molecule has 1 heterocycles. The van der Waals surface area contributed by atoms with E-state index in [0.29, 0.717) is 0 Å². The number of benzene rings is 1. The van der Waals surface area contributed by atoms with Gasteiger partial charge in [-0.1, -0.05) is 12.1 Å². The molecule has 2 nitrogen and oxygen atoms in total. The molecule has 0 radical (unpaired) electrons. The van der Waals surface area contributed by atoms with E-state index in [1.807, 2.05) is 0 Å². The van der Waals surface area contributed by atoms with Gasteiger partial charge in [0.2, 0.25) is 0 Å². The van der Waals surface area contributed by atoms with Crippen LogP contribution in [0, 0.1) is 6.92 Å². The van der Waals surface area contributed by atoms with Crippen molar-refractivity contribution in [3.63, 3.8) is 0 Å². The number of rotatable bonds is 2. The van der Waals surface area contributed by atoms with Gasteiger partial charge in [0.05, 0.1) is 6.61 Å². The fraction of sp³-hybridized carbons (Fsp3) is 0.500. The Morgan fingerprint density at radius 3 is 3.07 bits per heavy atom. The van der Waals surface area contributed by atoms with Crippen LogP contribution in [0.5, 0.6) is 0 Å². The second-order valence-electron chi connectivity index (χ2n) is 3.95. The van der Waals surface area contributed by atoms with Crippen molar-refractivity contribution in [3.8, 4) is 0 Å². The highest BCUT2D eigenvalue weighted by atomic mass is 16.3. The minimum Gasteiger partial charge on any atom is -0.395 e. The minimum atomic E-state index is 0.243.